The fourth-order valence-electron chi connectivity index (χ4n) is 2.73. The van der Waals surface area contributed by atoms with Crippen molar-refractivity contribution in [2.75, 3.05) is 0 Å². The number of rotatable bonds is 4. The minimum Gasteiger partial charge on any atom is -0.344 e. The molecule has 3 rings (SSSR count). The first-order valence-electron chi connectivity index (χ1n) is 8.00. The normalized spacial score (nSPS) is 12.0. The van der Waals surface area contributed by atoms with Crippen LogP contribution in [0, 0.1) is 19.7 Å². The molecule has 2 heterocycles. The third-order valence-electron chi connectivity index (χ3n) is 4.04. The van der Waals surface area contributed by atoms with Crippen LogP contribution in [0.1, 0.15) is 40.4 Å². The predicted octanol–water partition coefficient (Wildman–Crippen LogP) is 3.51. The summed E-state index contributed by atoms with van der Waals surface area (Å²) in [4.78, 5) is 16.6. The van der Waals surface area contributed by atoms with Crippen LogP contribution >= 0.6 is 0 Å². The van der Waals surface area contributed by atoms with Crippen molar-refractivity contribution in [2.24, 2.45) is 0 Å². The molecule has 0 aliphatic rings. The number of halogens is 1. The van der Waals surface area contributed by atoms with Crippen molar-refractivity contribution in [3.05, 3.63) is 77.1 Å². The smallest absolute Gasteiger partial charge is 0.270 e. The lowest BCUT2D eigenvalue weighted by Crippen LogP contribution is -2.27. The van der Waals surface area contributed by atoms with Gasteiger partial charge in [-0.05, 0) is 51.1 Å². The molecule has 0 saturated heterocycles. The SMILES string of the molecule is Cc1cccc(C(=O)N[C@H](C)c2cnn(-c3cccc(F)c3)c2C)n1. The van der Waals surface area contributed by atoms with Gasteiger partial charge >= 0.3 is 0 Å². The minimum atomic E-state index is -0.319. The maximum Gasteiger partial charge on any atom is 0.270 e. The van der Waals surface area contributed by atoms with Crippen molar-refractivity contribution >= 4 is 5.91 Å². The van der Waals surface area contributed by atoms with Crippen LogP contribution in [0.4, 0.5) is 4.39 Å². The Morgan fingerprint density at radius 3 is 2.68 bits per heavy atom. The van der Waals surface area contributed by atoms with E-state index in [9.17, 15) is 9.18 Å². The van der Waals surface area contributed by atoms with Crippen molar-refractivity contribution in [1.29, 1.82) is 0 Å². The molecule has 1 N–H and O–H groups in total. The van der Waals surface area contributed by atoms with Crippen molar-refractivity contribution in [1.82, 2.24) is 20.1 Å². The lowest BCUT2D eigenvalue weighted by Gasteiger charge is -2.14. The molecule has 128 valence electrons. The zero-order chi connectivity index (χ0) is 18.0. The largest absolute Gasteiger partial charge is 0.344 e. The molecule has 3 aromatic rings. The Bertz CT molecular complexity index is 919. The van der Waals surface area contributed by atoms with Gasteiger partial charge in [0.2, 0.25) is 0 Å². The van der Waals surface area contributed by atoms with Gasteiger partial charge in [-0.1, -0.05) is 12.1 Å². The predicted molar refractivity (Wildman–Crippen MR) is 93.1 cm³/mol. The number of hydrogen-bond acceptors (Lipinski definition) is 3. The molecular formula is C19H19FN4O. The molecule has 1 atom stereocenters. The highest BCUT2D eigenvalue weighted by Crippen LogP contribution is 2.21. The van der Waals surface area contributed by atoms with Crippen LogP contribution in [-0.4, -0.2) is 20.7 Å². The van der Waals surface area contributed by atoms with Gasteiger partial charge in [-0.2, -0.15) is 5.10 Å². The molecule has 2 aromatic heterocycles. The average molecular weight is 338 g/mol. The molecule has 0 bridgehead atoms. The highest BCUT2D eigenvalue weighted by atomic mass is 19.1. The second-order valence-electron chi connectivity index (χ2n) is 5.94. The first-order valence-corrected chi connectivity index (χ1v) is 8.00. The molecule has 0 fully saturated rings. The van der Waals surface area contributed by atoms with E-state index in [0.29, 0.717) is 11.4 Å². The van der Waals surface area contributed by atoms with E-state index in [4.69, 9.17) is 0 Å². The van der Waals surface area contributed by atoms with Crippen LogP contribution in [0.5, 0.6) is 0 Å². The molecule has 5 nitrogen and oxygen atoms in total. The first-order chi connectivity index (χ1) is 12.0. The maximum absolute atomic E-state index is 13.4. The molecular weight excluding hydrogens is 319 g/mol. The van der Waals surface area contributed by atoms with Gasteiger partial charge in [0.05, 0.1) is 17.9 Å². The molecule has 0 saturated carbocycles. The summed E-state index contributed by atoms with van der Waals surface area (Å²) in [5.74, 6) is -0.560. The Morgan fingerprint density at radius 2 is 1.96 bits per heavy atom. The number of pyridine rings is 1. The number of nitrogens with one attached hydrogen (secondary N) is 1. The molecule has 0 radical (unpaired) electrons. The quantitative estimate of drug-likeness (QED) is 0.792. The Balaban J connectivity index is 1.81. The number of carbonyl (C=O) groups excluding carboxylic acids is 1. The number of aryl methyl sites for hydroxylation is 1. The summed E-state index contributed by atoms with van der Waals surface area (Å²) in [5, 5.41) is 7.25. The zero-order valence-corrected chi connectivity index (χ0v) is 14.3. The van der Waals surface area contributed by atoms with Crippen molar-refractivity contribution in [3.63, 3.8) is 0 Å². The van der Waals surface area contributed by atoms with Gasteiger partial charge in [0.25, 0.3) is 5.91 Å². The van der Waals surface area contributed by atoms with Gasteiger partial charge in [-0.15, -0.1) is 0 Å². The van der Waals surface area contributed by atoms with Crippen LogP contribution < -0.4 is 5.32 Å². The topological polar surface area (TPSA) is 59.8 Å². The second-order valence-corrected chi connectivity index (χ2v) is 5.94. The van der Waals surface area contributed by atoms with Gasteiger partial charge in [0.1, 0.15) is 11.5 Å². The second kappa shape index (κ2) is 6.84. The maximum atomic E-state index is 13.4. The standard InChI is InChI=1S/C19H19FN4O/c1-12-6-4-9-18(22-12)19(25)23-13(2)17-11-21-24(14(17)3)16-8-5-7-15(20)10-16/h4-11,13H,1-3H3,(H,23,25)/t13-/m1/s1. The van der Waals surface area contributed by atoms with E-state index in [1.54, 1.807) is 35.1 Å². The average Bonchev–Trinajstić information content (AvgIpc) is 2.96. The van der Waals surface area contributed by atoms with E-state index in [-0.39, 0.29) is 17.8 Å². The van der Waals surface area contributed by atoms with Crippen LogP contribution in [0.2, 0.25) is 0 Å². The molecule has 25 heavy (non-hydrogen) atoms. The van der Waals surface area contributed by atoms with Crippen LogP contribution in [0.3, 0.4) is 0 Å². The van der Waals surface area contributed by atoms with E-state index in [0.717, 1.165) is 17.0 Å². The summed E-state index contributed by atoms with van der Waals surface area (Å²) < 4.78 is 15.1. The fraction of sp³-hybridized carbons (Fsp3) is 0.211. The Labute approximate surface area is 145 Å². The summed E-state index contributed by atoms with van der Waals surface area (Å²) in [5.41, 5.74) is 3.51. The van der Waals surface area contributed by atoms with Crippen molar-refractivity contribution in [3.8, 4) is 5.69 Å². The van der Waals surface area contributed by atoms with Gasteiger partial charge < -0.3 is 5.32 Å². The molecule has 0 unspecified atom stereocenters. The molecule has 0 aliphatic carbocycles. The summed E-state index contributed by atoms with van der Waals surface area (Å²) >= 11 is 0. The fourth-order valence-corrected chi connectivity index (χ4v) is 2.73. The lowest BCUT2D eigenvalue weighted by atomic mass is 10.1. The highest BCUT2D eigenvalue weighted by molar-refractivity contribution is 5.92. The van der Waals surface area contributed by atoms with E-state index >= 15 is 0 Å². The highest BCUT2D eigenvalue weighted by Gasteiger charge is 2.18. The zero-order valence-electron chi connectivity index (χ0n) is 14.3. The number of benzene rings is 1. The number of aromatic nitrogens is 3. The van der Waals surface area contributed by atoms with Gasteiger partial charge in [-0.25, -0.2) is 14.1 Å². The van der Waals surface area contributed by atoms with Crippen LogP contribution in [0.25, 0.3) is 5.69 Å². The monoisotopic (exact) mass is 338 g/mol. The molecule has 1 aromatic carbocycles. The first kappa shape index (κ1) is 16.8. The summed E-state index contributed by atoms with van der Waals surface area (Å²) in [6.07, 6.45) is 1.69. The Hall–Kier alpha value is -3.02. The number of hydrogen-bond donors (Lipinski definition) is 1. The van der Waals surface area contributed by atoms with E-state index in [2.05, 4.69) is 15.4 Å². The summed E-state index contributed by atoms with van der Waals surface area (Å²) in [7, 11) is 0. The summed E-state index contributed by atoms with van der Waals surface area (Å²) in [6.45, 7) is 5.61. The van der Waals surface area contributed by atoms with Crippen molar-refractivity contribution in [2.45, 2.75) is 26.8 Å². The van der Waals surface area contributed by atoms with Crippen molar-refractivity contribution < 1.29 is 9.18 Å². The van der Waals surface area contributed by atoms with Gasteiger partial charge in [0.15, 0.2) is 0 Å². The van der Waals surface area contributed by atoms with Gasteiger partial charge in [-0.3, -0.25) is 4.79 Å². The van der Waals surface area contributed by atoms with Crippen LogP contribution in [0.15, 0.2) is 48.7 Å². The molecule has 6 heteroatoms. The molecule has 0 aliphatic heterocycles. The van der Waals surface area contributed by atoms with E-state index < -0.39 is 0 Å². The van der Waals surface area contributed by atoms with Crippen LogP contribution in [-0.2, 0) is 0 Å². The molecule has 0 spiro atoms. The Morgan fingerprint density at radius 1 is 1.20 bits per heavy atom. The summed E-state index contributed by atoms with van der Waals surface area (Å²) in [6, 6.07) is 11.3. The number of nitrogens with zero attached hydrogens (tertiary/aromatic N) is 3. The number of carbonyl (C=O) groups is 1. The Kier molecular flexibility index (Phi) is 4.61. The van der Waals surface area contributed by atoms with E-state index in [1.807, 2.05) is 26.8 Å². The minimum absolute atomic E-state index is 0.242. The third kappa shape index (κ3) is 3.57. The lowest BCUT2D eigenvalue weighted by molar-refractivity contribution is 0.0934. The third-order valence-corrected chi connectivity index (χ3v) is 4.04. The van der Waals surface area contributed by atoms with E-state index in [1.165, 1.54) is 12.1 Å². The molecule has 1 amide bonds. The van der Waals surface area contributed by atoms with Gasteiger partial charge in [0, 0.05) is 17.0 Å². The number of amides is 1.